The molecule has 2 amide bonds. The largest absolute Gasteiger partial charge is 0.497 e. The van der Waals surface area contributed by atoms with E-state index >= 15 is 0 Å². The Bertz CT molecular complexity index is 1430. The second-order valence-corrected chi connectivity index (χ2v) is 12.0. The van der Waals surface area contributed by atoms with Gasteiger partial charge in [0.2, 0.25) is 11.8 Å². The van der Waals surface area contributed by atoms with Gasteiger partial charge in [0, 0.05) is 23.1 Å². The monoisotopic (exact) mass is 605 g/mol. The Balaban J connectivity index is 2.03. The summed E-state index contributed by atoms with van der Waals surface area (Å²) in [4.78, 5) is 28.2. The van der Waals surface area contributed by atoms with Crippen molar-refractivity contribution < 1.29 is 22.7 Å². The average Bonchev–Trinajstić information content (AvgIpc) is 2.94. The van der Waals surface area contributed by atoms with Crippen LogP contribution in [0.4, 0.5) is 5.69 Å². The molecule has 3 aromatic rings. The number of halogens is 2. The van der Waals surface area contributed by atoms with Crippen LogP contribution < -0.4 is 14.4 Å². The summed E-state index contributed by atoms with van der Waals surface area (Å²) in [5.74, 6) is -0.446. The van der Waals surface area contributed by atoms with Crippen molar-refractivity contribution in [2.24, 2.45) is 0 Å². The predicted octanol–water partition coefficient (Wildman–Crippen LogP) is 5.45. The van der Waals surface area contributed by atoms with Crippen LogP contribution in [0.2, 0.25) is 10.0 Å². The van der Waals surface area contributed by atoms with E-state index in [1.165, 1.54) is 36.3 Å². The Kier molecular flexibility index (Phi) is 10.8. The number of ether oxygens (including phenoxy) is 1. The van der Waals surface area contributed by atoms with Gasteiger partial charge in [0.15, 0.2) is 0 Å². The maximum atomic E-state index is 13.9. The predicted molar refractivity (Wildman–Crippen MR) is 158 cm³/mol. The molecule has 0 saturated carbocycles. The van der Waals surface area contributed by atoms with Crippen molar-refractivity contribution in [3.8, 4) is 5.75 Å². The smallest absolute Gasteiger partial charge is 0.264 e. The second kappa shape index (κ2) is 13.9. The highest BCUT2D eigenvalue weighted by Gasteiger charge is 2.32. The van der Waals surface area contributed by atoms with Crippen molar-refractivity contribution in [2.75, 3.05) is 24.5 Å². The first kappa shape index (κ1) is 31.3. The third-order valence-electron chi connectivity index (χ3n) is 6.32. The molecular formula is C29H33Cl2N3O5S. The van der Waals surface area contributed by atoms with Crippen LogP contribution in [0.3, 0.4) is 0 Å². The number of carbonyl (C=O) groups excluding carboxylic acids is 2. The SMILES string of the molecule is CCCNC(=O)C(C)N(Cc1ccc(Cl)cc1Cl)C(=O)CN(c1ccc(C)cc1)S(=O)(=O)c1ccc(OC)cc1. The summed E-state index contributed by atoms with van der Waals surface area (Å²) in [5.41, 5.74) is 1.80. The topological polar surface area (TPSA) is 96.0 Å². The number of benzene rings is 3. The molecule has 0 heterocycles. The molecular weight excluding hydrogens is 573 g/mol. The van der Waals surface area contributed by atoms with Crippen LogP contribution in [0.25, 0.3) is 0 Å². The number of anilines is 1. The summed E-state index contributed by atoms with van der Waals surface area (Å²) in [6, 6.07) is 16.7. The zero-order valence-electron chi connectivity index (χ0n) is 22.9. The summed E-state index contributed by atoms with van der Waals surface area (Å²) < 4.78 is 33.9. The van der Waals surface area contributed by atoms with E-state index in [-0.39, 0.29) is 17.3 Å². The van der Waals surface area contributed by atoms with Crippen LogP contribution in [0.5, 0.6) is 5.75 Å². The number of sulfonamides is 1. The third-order valence-corrected chi connectivity index (χ3v) is 8.70. The Labute approximate surface area is 245 Å². The molecule has 0 aromatic heterocycles. The standard InChI is InChI=1S/C29H33Cl2N3O5S/c1-5-16-32-29(36)21(3)33(18-22-8-9-23(30)17-27(22)31)28(35)19-34(24-10-6-20(2)7-11-24)40(37,38)26-14-12-25(39-4)13-15-26/h6-15,17,21H,5,16,18-19H2,1-4H3,(H,32,36). The minimum Gasteiger partial charge on any atom is -0.497 e. The first-order chi connectivity index (χ1) is 19.0. The lowest BCUT2D eigenvalue weighted by molar-refractivity contribution is -0.139. The van der Waals surface area contributed by atoms with E-state index in [1.54, 1.807) is 49.4 Å². The maximum Gasteiger partial charge on any atom is 0.264 e. The van der Waals surface area contributed by atoms with Crippen molar-refractivity contribution in [3.63, 3.8) is 0 Å². The zero-order valence-corrected chi connectivity index (χ0v) is 25.2. The molecule has 1 unspecified atom stereocenters. The Morgan fingerprint density at radius 1 is 1.00 bits per heavy atom. The van der Waals surface area contributed by atoms with E-state index in [4.69, 9.17) is 27.9 Å². The number of carbonyl (C=O) groups is 2. The van der Waals surface area contributed by atoms with Gasteiger partial charge in [0.05, 0.1) is 17.7 Å². The number of hydrogen-bond donors (Lipinski definition) is 1. The Hall–Kier alpha value is -3.27. The normalized spacial score (nSPS) is 11.9. The van der Waals surface area contributed by atoms with Crippen LogP contribution in [0.15, 0.2) is 71.6 Å². The first-order valence-electron chi connectivity index (χ1n) is 12.7. The molecule has 0 aliphatic heterocycles. The molecule has 0 radical (unpaired) electrons. The van der Waals surface area contributed by atoms with E-state index in [0.717, 1.165) is 16.3 Å². The van der Waals surface area contributed by atoms with Crippen molar-refractivity contribution in [1.29, 1.82) is 0 Å². The third kappa shape index (κ3) is 7.68. The quantitative estimate of drug-likeness (QED) is 0.296. The highest BCUT2D eigenvalue weighted by Crippen LogP contribution is 2.27. The maximum absolute atomic E-state index is 13.9. The minimum atomic E-state index is -4.18. The summed E-state index contributed by atoms with van der Waals surface area (Å²) >= 11 is 12.5. The molecule has 0 aliphatic rings. The van der Waals surface area contributed by atoms with E-state index in [2.05, 4.69) is 5.32 Å². The van der Waals surface area contributed by atoms with Gasteiger partial charge in [-0.3, -0.25) is 13.9 Å². The Morgan fingerprint density at radius 3 is 2.23 bits per heavy atom. The number of nitrogens with one attached hydrogen (secondary N) is 1. The van der Waals surface area contributed by atoms with Gasteiger partial charge in [-0.1, -0.05) is 53.9 Å². The molecule has 40 heavy (non-hydrogen) atoms. The highest BCUT2D eigenvalue weighted by molar-refractivity contribution is 7.92. The van der Waals surface area contributed by atoms with Crippen LogP contribution in [0.1, 0.15) is 31.4 Å². The fraction of sp³-hybridized carbons (Fsp3) is 0.310. The molecule has 3 aromatic carbocycles. The van der Waals surface area contributed by atoms with Crippen molar-refractivity contribution in [2.45, 2.75) is 44.7 Å². The van der Waals surface area contributed by atoms with Crippen molar-refractivity contribution in [1.82, 2.24) is 10.2 Å². The Morgan fingerprint density at radius 2 is 1.65 bits per heavy atom. The van der Waals surface area contributed by atoms with E-state index in [0.29, 0.717) is 33.6 Å². The van der Waals surface area contributed by atoms with Gasteiger partial charge in [-0.2, -0.15) is 0 Å². The summed E-state index contributed by atoms with van der Waals surface area (Å²) in [7, 11) is -2.69. The van der Waals surface area contributed by atoms with Crippen LogP contribution in [0, 0.1) is 6.92 Å². The number of amides is 2. The summed E-state index contributed by atoms with van der Waals surface area (Å²) in [6.07, 6.45) is 0.719. The van der Waals surface area contributed by atoms with Gasteiger partial charge in [-0.05, 0) is 74.4 Å². The lowest BCUT2D eigenvalue weighted by Gasteiger charge is -2.32. The van der Waals surface area contributed by atoms with Gasteiger partial charge in [-0.15, -0.1) is 0 Å². The molecule has 1 N–H and O–H groups in total. The van der Waals surface area contributed by atoms with Gasteiger partial charge >= 0.3 is 0 Å². The lowest BCUT2D eigenvalue weighted by Crippen LogP contribution is -2.51. The molecule has 0 bridgehead atoms. The molecule has 3 rings (SSSR count). The van der Waals surface area contributed by atoms with Gasteiger partial charge in [-0.25, -0.2) is 8.42 Å². The molecule has 8 nitrogen and oxygen atoms in total. The van der Waals surface area contributed by atoms with Gasteiger partial charge in [0.1, 0.15) is 18.3 Å². The van der Waals surface area contributed by atoms with Crippen LogP contribution in [-0.4, -0.2) is 51.4 Å². The number of aryl methyl sites for hydroxylation is 1. The first-order valence-corrected chi connectivity index (χ1v) is 14.9. The minimum absolute atomic E-state index is 0.0114. The van der Waals surface area contributed by atoms with E-state index in [9.17, 15) is 18.0 Å². The molecule has 1 atom stereocenters. The van der Waals surface area contributed by atoms with Crippen LogP contribution >= 0.6 is 23.2 Å². The van der Waals surface area contributed by atoms with Crippen molar-refractivity contribution in [3.05, 3.63) is 87.9 Å². The van der Waals surface area contributed by atoms with Crippen LogP contribution in [-0.2, 0) is 26.2 Å². The molecule has 214 valence electrons. The summed E-state index contributed by atoms with van der Waals surface area (Å²) in [5, 5.41) is 3.56. The molecule has 0 saturated heterocycles. The number of rotatable bonds is 12. The van der Waals surface area contributed by atoms with Crippen molar-refractivity contribution >= 4 is 50.7 Å². The zero-order chi connectivity index (χ0) is 29.4. The molecule has 11 heteroatoms. The molecule has 0 spiro atoms. The summed E-state index contributed by atoms with van der Waals surface area (Å²) in [6.45, 7) is 5.26. The number of hydrogen-bond acceptors (Lipinski definition) is 5. The highest BCUT2D eigenvalue weighted by atomic mass is 35.5. The average molecular weight is 607 g/mol. The number of methoxy groups -OCH3 is 1. The van der Waals surface area contributed by atoms with E-state index < -0.39 is 28.5 Å². The fourth-order valence-corrected chi connectivity index (χ4v) is 5.81. The van der Waals surface area contributed by atoms with Gasteiger partial charge < -0.3 is 15.0 Å². The molecule has 0 fully saturated rings. The van der Waals surface area contributed by atoms with E-state index in [1.807, 2.05) is 13.8 Å². The second-order valence-electron chi connectivity index (χ2n) is 9.25. The lowest BCUT2D eigenvalue weighted by atomic mass is 10.1. The number of nitrogens with zero attached hydrogens (tertiary/aromatic N) is 2. The molecule has 0 aliphatic carbocycles. The fourth-order valence-electron chi connectivity index (χ4n) is 3.93. The van der Waals surface area contributed by atoms with Gasteiger partial charge in [0.25, 0.3) is 10.0 Å².